The van der Waals surface area contributed by atoms with E-state index < -0.39 is 24.0 Å². The Bertz CT molecular complexity index is 703. The van der Waals surface area contributed by atoms with Gasteiger partial charge in [0.2, 0.25) is 5.91 Å². The van der Waals surface area contributed by atoms with Crippen LogP contribution < -0.4 is 10.6 Å². The summed E-state index contributed by atoms with van der Waals surface area (Å²) in [4.78, 5) is 16.1. The first-order chi connectivity index (χ1) is 11.3. The lowest BCUT2D eigenvalue weighted by atomic mass is 10.1. The molecule has 2 aromatic rings. The molecule has 2 heterocycles. The minimum atomic E-state index is -4.49. The fourth-order valence-corrected chi connectivity index (χ4v) is 3.17. The molecule has 0 aliphatic rings. The van der Waals surface area contributed by atoms with E-state index in [-0.39, 0.29) is 23.3 Å². The molecule has 25 heavy (non-hydrogen) atoms. The first kappa shape index (κ1) is 21.4. The van der Waals surface area contributed by atoms with E-state index in [1.165, 1.54) is 0 Å². The third-order valence-electron chi connectivity index (χ3n) is 3.44. The maximum atomic E-state index is 12.7. The maximum Gasteiger partial charge on any atom is 0.434 e. The molecule has 6 nitrogen and oxygen atoms in total. The lowest BCUT2D eigenvalue weighted by Crippen LogP contribution is -2.38. The van der Waals surface area contributed by atoms with E-state index in [1.807, 2.05) is 0 Å². The minimum Gasteiger partial charge on any atom is -0.345 e. The van der Waals surface area contributed by atoms with Crippen molar-refractivity contribution in [3.63, 3.8) is 0 Å². The Hall–Kier alpha value is -1.65. The topological polar surface area (TPSA) is 71.8 Å². The van der Waals surface area contributed by atoms with Crippen LogP contribution in [0.2, 0.25) is 0 Å². The lowest BCUT2D eigenvalue weighted by molar-refractivity contribution is -0.140. The highest BCUT2D eigenvalue weighted by Crippen LogP contribution is 2.32. The van der Waals surface area contributed by atoms with Crippen LogP contribution in [0.5, 0.6) is 0 Å². The number of carbonyl (C=O) groups excluding carboxylic acids is 1. The van der Waals surface area contributed by atoms with E-state index in [1.54, 1.807) is 38.1 Å². The van der Waals surface area contributed by atoms with Gasteiger partial charge in [-0.2, -0.15) is 18.3 Å². The van der Waals surface area contributed by atoms with Crippen LogP contribution in [-0.2, 0) is 18.0 Å². The smallest absolute Gasteiger partial charge is 0.345 e. The number of hydrogen-bond acceptors (Lipinski definition) is 5. The van der Waals surface area contributed by atoms with Crippen LogP contribution in [0, 0.1) is 0 Å². The van der Waals surface area contributed by atoms with Crippen molar-refractivity contribution in [1.82, 2.24) is 25.4 Å². The molecule has 0 radical (unpaired) electrons. The van der Waals surface area contributed by atoms with Gasteiger partial charge in [0.25, 0.3) is 0 Å². The standard InChI is InChI=1S/C14H18F3N5OS.ClH/c1-4-9(13-21-10(7-24-13)14(15,16)17)20-12(23)11(18-2)8-5-19-22(3)6-8;/h5-7,9,11,18H,4H2,1-3H3,(H,20,23);1H. The van der Waals surface area contributed by atoms with Crippen molar-refractivity contribution in [3.8, 4) is 0 Å². The molecular weight excluding hydrogens is 379 g/mol. The van der Waals surface area contributed by atoms with Crippen molar-refractivity contribution in [2.75, 3.05) is 7.05 Å². The number of halogens is 4. The van der Waals surface area contributed by atoms with Gasteiger partial charge in [0.05, 0.1) is 12.2 Å². The van der Waals surface area contributed by atoms with E-state index in [9.17, 15) is 18.0 Å². The van der Waals surface area contributed by atoms with Crippen LogP contribution in [0.1, 0.15) is 41.7 Å². The van der Waals surface area contributed by atoms with Gasteiger partial charge < -0.3 is 10.6 Å². The molecule has 140 valence electrons. The summed E-state index contributed by atoms with van der Waals surface area (Å²) >= 11 is 0.888. The van der Waals surface area contributed by atoms with E-state index in [2.05, 4.69) is 20.7 Å². The summed E-state index contributed by atoms with van der Waals surface area (Å²) in [5, 5.41) is 10.8. The summed E-state index contributed by atoms with van der Waals surface area (Å²) in [6, 6.07) is -1.22. The van der Waals surface area contributed by atoms with Gasteiger partial charge in [-0.3, -0.25) is 9.48 Å². The van der Waals surface area contributed by atoms with Gasteiger partial charge >= 0.3 is 6.18 Å². The Morgan fingerprint density at radius 3 is 2.56 bits per heavy atom. The number of nitrogens with zero attached hydrogens (tertiary/aromatic N) is 3. The molecule has 0 aromatic carbocycles. The second kappa shape index (κ2) is 8.63. The minimum absolute atomic E-state index is 0. The van der Waals surface area contributed by atoms with Gasteiger partial charge in [-0.25, -0.2) is 4.98 Å². The fraction of sp³-hybridized carbons (Fsp3) is 0.500. The zero-order chi connectivity index (χ0) is 17.9. The van der Waals surface area contributed by atoms with Gasteiger partial charge in [0.15, 0.2) is 5.69 Å². The number of alkyl halides is 3. The van der Waals surface area contributed by atoms with E-state index in [0.29, 0.717) is 12.0 Å². The summed E-state index contributed by atoms with van der Waals surface area (Å²) in [7, 11) is 3.36. The number of nitrogens with one attached hydrogen (secondary N) is 2. The van der Waals surface area contributed by atoms with Gasteiger partial charge in [-0.15, -0.1) is 23.7 Å². The fourth-order valence-electron chi connectivity index (χ4n) is 2.21. The molecule has 0 aliphatic heterocycles. The van der Waals surface area contributed by atoms with Crippen LogP contribution in [0.15, 0.2) is 17.8 Å². The number of hydrogen-bond donors (Lipinski definition) is 2. The first-order valence-corrected chi connectivity index (χ1v) is 8.13. The highest BCUT2D eigenvalue weighted by atomic mass is 35.5. The van der Waals surface area contributed by atoms with Crippen molar-refractivity contribution in [3.05, 3.63) is 34.0 Å². The Balaban J connectivity index is 0.00000312. The largest absolute Gasteiger partial charge is 0.434 e. The average Bonchev–Trinajstić information content (AvgIpc) is 3.14. The van der Waals surface area contributed by atoms with Crippen molar-refractivity contribution in [2.45, 2.75) is 31.6 Å². The Morgan fingerprint density at radius 1 is 1.44 bits per heavy atom. The van der Waals surface area contributed by atoms with Crippen molar-refractivity contribution in [1.29, 1.82) is 0 Å². The third kappa shape index (κ3) is 5.16. The van der Waals surface area contributed by atoms with Crippen LogP contribution in [-0.4, -0.2) is 27.7 Å². The molecule has 0 bridgehead atoms. The molecule has 0 saturated heterocycles. The van der Waals surface area contributed by atoms with E-state index >= 15 is 0 Å². The molecule has 2 unspecified atom stereocenters. The molecule has 0 saturated carbocycles. The number of thiazole rings is 1. The van der Waals surface area contributed by atoms with Crippen LogP contribution in [0.4, 0.5) is 13.2 Å². The van der Waals surface area contributed by atoms with Crippen LogP contribution >= 0.6 is 23.7 Å². The Kier molecular flexibility index (Phi) is 7.39. The summed E-state index contributed by atoms with van der Waals surface area (Å²) in [6.07, 6.45) is -0.792. The predicted molar refractivity (Wildman–Crippen MR) is 90.5 cm³/mol. The van der Waals surface area contributed by atoms with Crippen LogP contribution in [0.3, 0.4) is 0 Å². The number of aromatic nitrogens is 3. The highest BCUT2D eigenvalue weighted by molar-refractivity contribution is 7.09. The van der Waals surface area contributed by atoms with Crippen molar-refractivity contribution < 1.29 is 18.0 Å². The number of carbonyl (C=O) groups is 1. The third-order valence-corrected chi connectivity index (χ3v) is 4.40. The Morgan fingerprint density at radius 2 is 2.12 bits per heavy atom. The number of aryl methyl sites for hydroxylation is 1. The summed E-state index contributed by atoms with van der Waals surface area (Å²) < 4.78 is 39.6. The quantitative estimate of drug-likeness (QED) is 0.786. The Labute approximate surface area is 153 Å². The summed E-state index contributed by atoms with van der Waals surface area (Å²) in [5.41, 5.74) is -0.268. The van der Waals surface area contributed by atoms with Crippen LogP contribution in [0.25, 0.3) is 0 Å². The molecule has 1 amide bonds. The van der Waals surface area contributed by atoms with Gasteiger partial charge in [-0.1, -0.05) is 6.92 Å². The molecular formula is C14H19ClF3N5OS. The van der Waals surface area contributed by atoms with Crippen molar-refractivity contribution >= 4 is 29.7 Å². The molecule has 2 atom stereocenters. The molecule has 0 fully saturated rings. The predicted octanol–water partition coefficient (Wildman–Crippen LogP) is 2.85. The normalized spacial score (nSPS) is 13.8. The number of likely N-dealkylation sites (N-methyl/N-ethyl adjacent to an activating group) is 1. The zero-order valence-electron chi connectivity index (χ0n) is 13.8. The second-order valence-corrected chi connectivity index (χ2v) is 6.10. The SMILES string of the molecule is CCC(NC(=O)C(NC)c1cnn(C)c1)c1nc(C(F)(F)F)cs1.Cl. The monoisotopic (exact) mass is 397 g/mol. The number of amides is 1. The summed E-state index contributed by atoms with van der Waals surface area (Å²) in [6.45, 7) is 1.78. The van der Waals surface area contributed by atoms with Crippen molar-refractivity contribution in [2.24, 2.45) is 7.05 Å². The van der Waals surface area contributed by atoms with Gasteiger partial charge in [0, 0.05) is 24.2 Å². The molecule has 2 aromatic heterocycles. The molecule has 0 spiro atoms. The maximum absolute atomic E-state index is 12.7. The molecule has 0 aliphatic carbocycles. The molecule has 11 heteroatoms. The second-order valence-electron chi connectivity index (χ2n) is 5.21. The highest BCUT2D eigenvalue weighted by Gasteiger charge is 2.34. The summed E-state index contributed by atoms with van der Waals surface area (Å²) in [5.74, 6) is -0.346. The molecule has 2 rings (SSSR count). The first-order valence-electron chi connectivity index (χ1n) is 7.25. The van der Waals surface area contributed by atoms with E-state index in [4.69, 9.17) is 0 Å². The average molecular weight is 398 g/mol. The molecule has 2 N–H and O–H groups in total. The van der Waals surface area contributed by atoms with Gasteiger partial charge in [0.1, 0.15) is 11.0 Å². The number of rotatable bonds is 6. The van der Waals surface area contributed by atoms with Gasteiger partial charge in [-0.05, 0) is 13.5 Å². The zero-order valence-corrected chi connectivity index (χ0v) is 15.4. The lowest BCUT2D eigenvalue weighted by Gasteiger charge is -2.19. The van der Waals surface area contributed by atoms with E-state index in [0.717, 1.165) is 16.7 Å².